The van der Waals surface area contributed by atoms with E-state index in [9.17, 15) is 13.6 Å². The van der Waals surface area contributed by atoms with Crippen LogP contribution in [0.25, 0.3) is 11.1 Å². The Hall–Kier alpha value is -4.80. The van der Waals surface area contributed by atoms with Gasteiger partial charge in [-0.1, -0.05) is 6.58 Å². The number of amides is 1. The lowest BCUT2D eigenvalue weighted by Crippen LogP contribution is -2.08. The summed E-state index contributed by atoms with van der Waals surface area (Å²) in [6.45, 7) is 7.08. The molecule has 0 atom stereocenters. The molecule has 37 heavy (non-hydrogen) atoms. The van der Waals surface area contributed by atoms with Gasteiger partial charge in [0.05, 0.1) is 23.7 Å². The fraction of sp³-hybridized carbons (Fsp3) is 0.154. The quantitative estimate of drug-likeness (QED) is 0.256. The van der Waals surface area contributed by atoms with Crippen molar-refractivity contribution in [3.63, 3.8) is 0 Å². The number of nitrogens with zero attached hydrogens (tertiary/aromatic N) is 4. The molecule has 1 amide bonds. The van der Waals surface area contributed by atoms with Crippen LogP contribution in [0.3, 0.4) is 0 Å². The molecule has 0 saturated carbocycles. The maximum atomic E-state index is 14.8. The van der Waals surface area contributed by atoms with Crippen molar-refractivity contribution in [3.8, 4) is 16.9 Å². The van der Waals surface area contributed by atoms with Crippen molar-refractivity contribution in [1.82, 2.24) is 19.7 Å². The van der Waals surface area contributed by atoms with Crippen LogP contribution in [-0.2, 0) is 11.8 Å². The van der Waals surface area contributed by atoms with E-state index in [2.05, 4.69) is 37.6 Å². The van der Waals surface area contributed by atoms with E-state index < -0.39 is 17.5 Å². The summed E-state index contributed by atoms with van der Waals surface area (Å²) in [4.78, 5) is 20.6. The average Bonchev–Trinajstić information content (AvgIpc) is 3.24. The first kappa shape index (κ1) is 25.3. The molecule has 11 heteroatoms. The Kier molecular flexibility index (Phi) is 7.42. The van der Waals surface area contributed by atoms with E-state index in [1.165, 1.54) is 36.5 Å². The van der Waals surface area contributed by atoms with E-state index >= 15 is 0 Å². The number of halogens is 2. The number of benzene rings is 2. The minimum atomic E-state index is -0.592. The normalized spacial score (nSPS) is 10.8. The first-order valence-corrected chi connectivity index (χ1v) is 11.3. The SMILES string of the molecule is C=CC(=O)Nc1ccc(F)c(Nc2nc(Nc3cnn(C)c3)ncc2-c2cc(F)cc(OC(C)C)c2)c1. The van der Waals surface area contributed by atoms with Crippen molar-refractivity contribution in [3.05, 3.63) is 79.3 Å². The third-order valence-electron chi connectivity index (χ3n) is 4.98. The van der Waals surface area contributed by atoms with Crippen molar-refractivity contribution in [2.75, 3.05) is 16.0 Å². The topological polar surface area (TPSA) is 106 Å². The number of aryl methyl sites for hydroxylation is 1. The summed E-state index contributed by atoms with van der Waals surface area (Å²) in [5.41, 5.74) is 1.83. The molecule has 0 aliphatic carbocycles. The molecule has 4 rings (SSSR count). The van der Waals surface area contributed by atoms with Crippen molar-refractivity contribution in [2.24, 2.45) is 7.05 Å². The number of carbonyl (C=O) groups excluding carboxylic acids is 1. The minimum Gasteiger partial charge on any atom is -0.491 e. The molecule has 0 aliphatic rings. The number of anilines is 5. The van der Waals surface area contributed by atoms with Gasteiger partial charge in [-0.25, -0.2) is 13.8 Å². The predicted octanol–water partition coefficient (Wildman–Crippen LogP) is 5.55. The average molecular weight is 506 g/mol. The van der Waals surface area contributed by atoms with Crippen LogP contribution in [0.2, 0.25) is 0 Å². The summed E-state index contributed by atoms with van der Waals surface area (Å²) >= 11 is 0. The van der Waals surface area contributed by atoms with Crippen LogP contribution in [0.5, 0.6) is 5.75 Å². The summed E-state index contributed by atoms with van der Waals surface area (Å²) in [7, 11) is 1.77. The highest BCUT2D eigenvalue weighted by molar-refractivity contribution is 5.99. The van der Waals surface area contributed by atoms with Gasteiger partial charge in [0.2, 0.25) is 11.9 Å². The van der Waals surface area contributed by atoms with Crippen molar-refractivity contribution < 1.29 is 18.3 Å². The van der Waals surface area contributed by atoms with Crippen LogP contribution in [0, 0.1) is 11.6 Å². The van der Waals surface area contributed by atoms with Crippen LogP contribution in [0.15, 0.2) is 67.6 Å². The molecule has 0 saturated heterocycles. The first-order valence-electron chi connectivity index (χ1n) is 11.3. The van der Waals surface area contributed by atoms with E-state index in [4.69, 9.17) is 4.74 Å². The zero-order valence-electron chi connectivity index (χ0n) is 20.4. The lowest BCUT2D eigenvalue weighted by Gasteiger charge is -2.16. The molecular formula is C26H25F2N7O2. The monoisotopic (exact) mass is 505 g/mol. The molecule has 3 N–H and O–H groups in total. The summed E-state index contributed by atoms with van der Waals surface area (Å²) in [5, 5.41) is 12.7. The summed E-state index contributed by atoms with van der Waals surface area (Å²) < 4.78 is 36.6. The van der Waals surface area contributed by atoms with Gasteiger partial charge in [0.25, 0.3) is 0 Å². The molecule has 0 fully saturated rings. The molecule has 190 valence electrons. The van der Waals surface area contributed by atoms with Crippen LogP contribution < -0.4 is 20.7 Å². The fourth-order valence-corrected chi connectivity index (χ4v) is 3.44. The van der Waals surface area contributed by atoms with Gasteiger partial charge in [-0.3, -0.25) is 9.48 Å². The number of hydrogen-bond donors (Lipinski definition) is 3. The molecule has 2 aromatic carbocycles. The molecule has 9 nitrogen and oxygen atoms in total. The Labute approximate surface area is 212 Å². The van der Waals surface area contributed by atoms with Gasteiger partial charge < -0.3 is 20.7 Å². The Morgan fingerprint density at radius 2 is 1.92 bits per heavy atom. The van der Waals surface area contributed by atoms with Gasteiger partial charge >= 0.3 is 0 Å². The molecule has 0 unspecified atom stereocenters. The largest absolute Gasteiger partial charge is 0.491 e. The molecule has 0 bridgehead atoms. The van der Waals surface area contributed by atoms with Gasteiger partial charge in [0.15, 0.2) is 0 Å². The third kappa shape index (κ3) is 6.45. The van der Waals surface area contributed by atoms with Gasteiger partial charge in [-0.05, 0) is 55.8 Å². The molecule has 4 aromatic rings. The lowest BCUT2D eigenvalue weighted by molar-refractivity contribution is -0.111. The highest BCUT2D eigenvalue weighted by atomic mass is 19.1. The zero-order valence-corrected chi connectivity index (χ0v) is 20.4. The fourth-order valence-electron chi connectivity index (χ4n) is 3.44. The number of rotatable bonds is 9. The highest BCUT2D eigenvalue weighted by Crippen LogP contribution is 2.34. The van der Waals surface area contributed by atoms with Crippen molar-refractivity contribution in [1.29, 1.82) is 0 Å². The molecule has 2 heterocycles. The standard InChI is InChI=1S/C26H25F2N7O2/c1-5-24(36)31-18-6-7-22(28)23(11-18)33-25-21(16-8-17(27)10-20(9-16)37-15(2)3)13-29-26(34-25)32-19-12-30-35(4)14-19/h5-15H,1H2,2-4H3,(H,31,36)(H2,29,32,33,34). The van der Waals surface area contributed by atoms with Crippen LogP contribution >= 0.6 is 0 Å². The number of aromatic nitrogens is 4. The highest BCUT2D eigenvalue weighted by Gasteiger charge is 2.16. The van der Waals surface area contributed by atoms with E-state index in [1.807, 2.05) is 13.8 Å². The number of ether oxygens (including phenoxy) is 1. The van der Waals surface area contributed by atoms with Gasteiger partial charge in [0.1, 0.15) is 23.2 Å². The number of carbonyl (C=O) groups is 1. The Morgan fingerprint density at radius 3 is 2.62 bits per heavy atom. The minimum absolute atomic E-state index is 0.0317. The first-order chi connectivity index (χ1) is 17.7. The zero-order chi connectivity index (χ0) is 26.5. The van der Waals surface area contributed by atoms with E-state index in [0.29, 0.717) is 28.3 Å². The van der Waals surface area contributed by atoms with Gasteiger partial charge in [-0.2, -0.15) is 10.1 Å². The maximum absolute atomic E-state index is 14.8. The lowest BCUT2D eigenvalue weighted by atomic mass is 10.1. The second kappa shape index (κ2) is 10.9. The summed E-state index contributed by atoms with van der Waals surface area (Å²) in [6.07, 6.45) is 5.76. The van der Waals surface area contributed by atoms with Crippen molar-refractivity contribution in [2.45, 2.75) is 20.0 Å². The molecule has 0 aliphatic heterocycles. The molecule has 0 spiro atoms. The Bertz CT molecular complexity index is 1450. The maximum Gasteiger partial charge on any atom is 0.247 e. The van der Waals surface area contributed by atoms with Crippen LogP contribution in [0.4, 0.5) is 37.6 Å². The van der Waals surface area contributed by atoms with Crippen LogP contribution in [-0.4, -0.2) is 31.8 Å². The Morgan fingerprint density at radius 1 is 1.11 bits per heavy atom. The molecule has 0 radical (unpaired) electrons. The van der Waals surface area contributed by atoms with Crippen molar-refractivity contribution >= 4 is 34.7 Å². The van der Waals surface area contributed by atoms with Crippen LogP contribution in [0.1, 0.15) is 13.8 Å². The summed E-state index contributed by atoms with van der Waals surface area (Å²) in [6, 6.07) is 8.27. The molecule has 2 aromatic heterocycles. The second-order valence-electron chi connectivity index (χ2n) is 8.34. The number of nitrogens with one attached hydrogen (secondary N) is 3. The van der Waals surface area contributed by atoms with E-state index in [0.717, 1.165) is 6.08 Å². The smallest absolute Gasteiger partial charge is 0.247 e. The van der Waals surface area contributed by atoms with Gasteiger partial charge in [0, 0.05) is 36.8 Å². The Balaban J connectivity index is 1.77. The second-order valence-corrected chi connectivity index (χ2v) is 8.34. The van der Waals surface area contributed by atoms with Gasteiger partial charge in [-0.15, -0.1) is 0 Å². The third-order valence-corrected chi connectivity index (χ3v) is 4.98. The summed E-state index contributed by atoms with van der Waals surface area (Å²) in [5.74, 6) is -0.836. The number of hydrogen-bond acceptors (Lipinski definition) is 7. The molecular weight excluding hydrogens is 480 g/mol. The predicted molar refractivity (Wildman–Crippen MR) is 138 cm³/mol. The van der Waals surface area contributed by atoms with E-state index in [1.54, 1.807) is 30.2 Å². The van der Waals surface area contributed by atoms with E-state index in [-0.39, 0.29) is 23.6 Å².